The van der Waals surface area contributed by atoms with Crippen LogP contribution in [-0.4, -0.2) is 91.7 Å². The van der Waals surface area contributed by atoms with E-state index in [1.807, 2.05) is 9.80 Å². The van der Waals surface area contributed by atoms with Crippen LogP contribution in [0.3, 0.4) is 0 Å². The zero-order valence-electron chi connectivity index (χ0n) is 16.6. The summed E-state index contributed by atoms with van der Waals surface area (Å²) in [5.74, 6) is 0.175. The van der Waals surface area contributed by atoms with Gasteiger partial charge in [0.1, 0.15) is 0 Å². The minimum atomic E-state index is -0.00770. The summed E-state index contributed by atoms with van der Waals surface area (Å²) in [6, 6.07) is 7.27. The van der Waals surface area contributed by atoms with E-state index in [1.165, 1.54) is 0 Å². The van der Waals surface area contributed by atoms with Crippen LogP contribution in [0.25, 0.3) is 0 Å². The van der Waals surface area contributed by atoms with Gasteiger partial charge in [0.25, 0.3) is 0 Å². The van der Waals surface area contributed by atoms with Gasteiger partial charge in [-0.05, 0) is 37.1 Å². The number of piperazine rings is 1. The number of hydrogen-bond acceptors (Lipinski definition) is 4. The molecule has 0 saturated carbocycles. The maximum Gasteiger partial charge on any atom is 0.320 e. The van der Waals surface area contributed by atoms with E-state index in [1.54, 1.807) is 24.3 Å². The highest BCUT2D eigenvalue weighted by molar-refractivity contribution is 6.30. The fraction of sp³-hybridized carbons (Fsp3) is 0.619. The van der Waals surface area contributed by atoms with Crippen molar-refractivity contribution in [3.8, 4) is 0 Å². The molecular weight excluding hydrogens is 392 g/mol. The van der Waals surface area contributed by atoms with E-state index in [4.69, 9.17) is 21.7 Å². The molecule has 3 fully saturated rings. The zero-order chi connectivity index (χ0) is 20.2. The molecule has 4 rings (SSSR count). The van der Waals surface area contributed by atoms with Crippen LogP contribution in [0.4, 0.5) is 4.79 Å². The molecule has 29 heavy (non-hydrogen) atoms. The van der Waals surface area contributed by atoms with Crippen molar-refractivity contribution in [1.82, 2.24) is 20.0 Å². The Bertz CT molecular complexity index is 715. The predicted octanol–water partition coefficient (Wildman–Crippen LogP) is 1.93. The molecule has 3 aliphatic rings. The second-order valence-corrected chi connectivity index (χ2v) is 8.32. The van der Waals surface area contributed by atoms with Crippen LogP contribution in [0.2, 0.25) is 5.02 Å². The Labute approximate surface area is 176 Å². The number of rotatable bonds is 3. The van der Waals surface area contributed by atoms with E-state index < -0.39 is 0 Å². The summed E-state index contributed by atoms with van der Waals surface area (Å²) in [4.78, 5) is 31.7. The Kier molecular flexibility index (Phi) is 6.70. The molecule has 3 heterocycles. The van der Waals surface area contributed by atoms with Crippen LogP contribution in [0.5, 0.6) is 0 Å². The van der Waals surface area contributed by atoms with E-state index >= 15 is 0 Å². The number of urea groups is 1. The average molecular weight is 420 g/mol. The third-order valence-corrected chi connectivity index (χ3v) is 6.35. The van der Waals surface area contributed by atoms with Crippen molar-refractivity contribution in [3.05, 3.63) is 34.9 Å². The first-order valence-corrected chi connectivity index (χ1v) is 10.8. The van der Waals surface area contributed by atoms with E-state index in [9.17, 15) is 9.59 Å². The lowest BCUT2D eigenvalue weighted by Gasteiger charge is -2.43. The van der Waals surface area contributed by atoms with Crippen molar-refractivity contribution in [2.45, 2.75) is 19.0 Å². The summed E-state index contributed by atoms with van der Waals surface area (Å²) in [7, 11) is 0. The number of hydrogen-bond donors (Lipinski definition) is 0. The van der Waals surface area contributed by atoms with Crippen molar-refractivity contribution in [2.75, 3.05) is 59.0 Å². The molecule has 3 aliphatic heterocycles. The number of benzene rings is 1. The highest BCUT2D eigenvalue weighted by Crippen LogP contribution is 2.25. The van der Waals surface area contributed by atoms with Gasteiger partial charge in [0.15, 0.2) is 5.78 Å². The first-order valence-electron chi connectivity index (χ1n) is 10.4. The number of ether oxygens (including phenoxy) is 1. The molecule has 0 spiro atoms. The number of piperidine rings is 1. The molecule has 1 unspecified atom stereocenters. The fourth-order valence-electron chi connectivity index (χ4n) is 4.34. The van der Waals surface area contributed by atoms with Gasteiger partial charge in [0.05, 0.1) is 19.4 Å². The van der Waals surface area contributed by atoms with Gasteiger partial charge >= 0.3 is 6.03 Å². The topological polar surface area (TPSA) is 67.2 Å². The normalized spacial score (nSPS) is 26.4. The smallest absolute Gasteiger partial charge is 0.320 e. The number of morpholine rings is 1. The SMILES string of the molecule is O=C(c1ccc(Cl)cc1)C1CC[N][C@H](N2CCN(C(=O)N3CCOCC3)CC2)C1. The standard InChI is InChI=1S/C21H28ClN4O3/c22-18-3-1-16(2-4-18)20(27)17-5-6-23-19(15-17)24-7-9-25(10-8-24)21(28)26-11-13-29-14-12-26/h1-4,17,19H,5-15H2/t17?,19-/m1/s1. The molecule has 1 radical (unpaired) electrons. The van der Waals surface area contributed by atoms with Gasteiger partial charge in [-0.1, -0.05) is 11.6 Å². The van der Waals surface area contributed by atoms with Gasteiger partial charge in [-0.3, -0.25) is 9.69 Å². The van der Waals surface area contributed by atoms with Crippen molar-refractivity contribution in [1.29, 1.82) is 0 Å². The maximum atomic E-state index is 12.9. The van der Waals surface area contributed by atoms with E-state index in [-0.39, 0.29) is 23.9 Å². The van der Waals surface area contributed by atoms with Crippen LogP contribution >= 0.6 is 11.6 Å². The number of ketones is 1. The Morgan fingerprint density at radius 3 is 2.31 bits per heavy atom. The summed E-state index contributed by atoms with van der Waals surface area (Å²) in [6.07, 6.45) is 1.61. The fourth-order valence-corrected chi connectivity index (χ4v) is 4.47. The number of halogens is 1. The molecule has 3 saturated heterocycles. The highest BCUT2D eigenvalue weighted by atomic mass is 35.5. The van der Waals surface area contributed by atoms with Gasteiger partial charge < -0.3 is 14.5 Å². The third kappa shape index (κ3) is 4.91. The second-order valence-electron chi connectivity index (χ2n) is 7.88. The number of Topliss-reactive ketones (excluding diaryl/α,β-unsaturated/α-hetero) is 1. The Morgan fingerprint density at radius 1 is 0.966 bits per heavy atom. The Morgan fingerprint density at radius 2 is 1.62 bits per heavy atom. The molecule has 7 nitrogen and oxygen atoms in total. The summed E-state index contributed by atoms with van der Waals surface area (Å²) in [5.41, 5.74) is 0.723. The monoisotopic (exact) mass is 419 g/mol. The summed E-state index contributed by atoms with van der Waals surface area (Å²) < 4.78 is 5.33. The largest absolute Gasteiger partial charge is 0.378 e. The average Bonchev–Trinajstić information content (AvgIpc) is 2.79. The minimum absolute atomic E-state index is 0.00770. The van der Waals surface area contributed by atoms with E-state index in [0.717, 1.165) is 31.5 Å². The summed E-state index contributed by atoms with van der Waals surface area (Å²) >= 11 is 5.94. The predicted molar refractivity (Wildman–Crippen MR) is 110 cm³/mol. The van der Waals surface area contributed by atoms with Crippen LogP contribution in [0.1, 0.15) is 23.2 Å². The van der Waals surface area contributed by atoms with Gasteiger partial charge in [-0.15, -0.1) is 0 Å². The Balaban J connectivity index is 1.30. The van der Waals surface area contributed by atoms with Crippen LogP contribution in [-0.2, 0) is 4.74 Å². The number of amides is 2. The Hall–Kier alpha value is -1.67. The van der Waals surface area contributed by atoms with Crippen molar-refractivity contribution >= 4 is 23.4 Å². The van der Waals surface area contributed by atoms with Gasteiger partial charge in [0.2, 0.25) is 0 Å². The summed E-state index contributed by atoms with van der Waals surface area (Å²) in [5, 5.41) is 5.42. The quantitative estimate of drug-likeness (QED) is 0.702. The van der Waals surface area contributed by atoms with Gasteiger partial charge in [-0.2, -0.15) is 0 Å². The third-order valence-electron chi connectivity index (χ3n) is 6.10. The first-order chi connectivity index (χ1) is 14.1. The lowest BCUT2D eigenvalue weighted by Crippen LogP contribution is -2.58. The molecule has 2 amide bonds. The first kappa shape index (κ1) is 20.6. The van der Waals surface area contributed by atoms with Crippen LogP contribution in [0, 0.1) is 5.92 Å². The molecular formula is C21H28ClN4O3. The highest BCUT2D eigenvalue weighted by Gasteiger charge is 2.34. The molecule has 0 bridgehead atoms. The number of nitrogens with zero attached hydrogens (tertiary/aromatic N) is 4. The zero-order valence-corrected chi connectivity index (χ0v) is 17.4. The second kappa shape index (κ2) is 9.43. The van der Waals surface area contributed by atoms with Crippen molar-refractivity contribution in [2.24, 2.45) is 5.92 Å². The number of carbonyl (C=O) groups is 2. The molecule has 1 aromatic rings. The molecule has 157 valence electrons. The van der Waals surface area contributed by atoms with Crippen LogP contribution in [0.15, 0.2) is 24.3 Å². The number of carbonyl (C=O) groups excluding carboxylic acids is 2. The molecule has 0 N–H and O–H groups in total. The molecule has 0 aromatic heterocycles. The molecule has 8 heteroatoms. The minimum Gasteiger partial charge on any atom is -0.378 e. The van der Waals surface area contributed by atoms with Crippen LogP contribution < -0.4 is 5.32 Å². The molecule has 1 aromatic carbocycles. The van der Waals surface area contributed by atoms with Gasteiger partial charge in [0, 0.05) is 62.3 Å². The van der Waals surface area contributed by atoms with Gasteiger partial charge in [-0.25, -0.2) is 10.1 Å². The molecule has 2 atom stereocenters. The van der Waals surface area contributed by atoms with Crippen molar-refractivity contribution < 1.29 is 14.3 Å². The lowest BCUT2D eigenvalue weighted by molar-refractivity contribution is 0.0277. The maximum absolute atomic E-state index is 12.9. The van der Waals surface area contributed by atoms with Crippen molar-refractivity contribution in [3.63, 3.8) is 0 Å². The summed E-state index contributed by atoms with van der Waals surface area (Å²) in [6.45, 7) is 6.30. The van der Waals surface area contributed by atoms with E-state index in [2.05, 4.69) is 4.90 Å². The molecule has 0 aliphatic carbocycles. The lowest BCUT2D eigenvalue weighted by atomic mass is 9.87. The van der Waals surface area contributed by atoms with E-state index in [0.29, 0.717) is 51.0 Å².